The topological polar surface area (TPSA) is 77.2 Å². The maximum absolute atomic E-state index is 11.8. The number of carbonyl (C=O) groups is 1. The summed E-state index contributed by atoms with van der Waals surface area (Å²) >= 11 is 0. The molecule has 0 spiro atoms. The molecule has 1 aromatic carbocycles. The Labute approximate surface area is 124 Å². The van der Waals surface area contributed by atoms with E-state index >= 15 is 0 Å². The van der Waals surface area contributed by atoms with E-state index in [-0.39, 0.29) is 0 Å². The van der Waals surface area contributed by atoms with Crippen molar-refractivity contribution < 1.29 is 9.53 Å². The number of nitrogens with zero attached hydrogens (tertiary/aromatic N) is 1. The van der Waals surface area contributed by atoms with Gasteiger partial charge in [0, 0.05) is 30.3 Å². The molecule has 1 heterocycles. The molecule has 0 aliphatic rings. The van der Waals surface area contributed by atoms with Crippen LogP contribution in [0.5, 0.6) is 0 Å². The summed E-state index contributed by atoms with van der Waals surface area (Å²) in [6.07, 6.45) is 4.43. The minimum Gasteiger partial charge on any atom is -0.462 e. The third-order valence-corrected chi connectivity index (χ3v) is 3.04. The number of nitrogens with two attached hydrogens (primary N) is 1. The van der Waals surface area contributed by atoms with E-state index < -0.39 is 5.97 Å². The van der Waals surface area contributed by atoms with Crippen molar-refractivity contribution in [3.63, 3.8) is 0 Å². The van der Waals surface area contributed by atoms with E-state index in [4.69, 9.17) is 10.5 Å². The molecule has 1 aromatic heterocycles. The van der Waals surface area contributed by atoms with Crippen molar-refractivity contribution in [2.45, 2.75) is 13.3 Å². The molecule has 21 heavy (non-hydrogen) atoms. The van der Waals surface area contributed by atoms with Crippen LogP contribution in [0.25, 0.3) is 0 Å². The van der Waals surface area contributed by atoms with Crippen molar-refractivity contribution in [2.24, 2.45) is 0 Å². The Kier molecular flexibility index (Phi) is 5.15. The van der Waals surface area contributed by atoms with Gasteiger partial charge in [-0.2, -0.15) is 0 Å². The number of ether oxygens (including phenoxy) is 1. The average molecular weight is 285 g/mol. The zero-order valence-electron chi connectivity index (χ0n) is 12.0. The predicted molar refractivity (Wildman–Crippen MR) is 83.2 cm³/mol. The number of pyridine rings is 1. The SMILES string of the molecule is CCOC(=O)c1cc(NCCc2ccncc2)ccc1N. The van der Waals surface area contributed by atoms with Crippen molar-refractivity contribution in [2.75, 3.05) is 24.2 Å². The van der Waals surface area contributed by atoms with Crippen LogP contribution in [0.2, 0.25) is 0 Å². The summed E-state index contributed by atoms with van der Waals surface area (Å²) in [5.41, 5.74) is 8.68. The molecule has 2 aromatic rings. The van der Waals surface area contributed by atoms with E-state index in [1.54, 1.807) is 31.5 Å². The van der Waals surface area contributed by atoms with Crippen molar-refractivity contribution in [3.05, 3.63) is 53.9 Å². The molecule has 110 valence electrons. The maximum atomic E-state index is 11.8. The zero-order valence-corrected chi connectivity index (χ0v) is 12.0. The van der Waals surface area contributed by atoms with Gasteiger partial charge in [-0.15, -0.1) is 0 Å². The number of carbonyl (C=O) groups excluding carboxylic acids is 1. The van der Waals surface area contributed by atoms with Gasteiger partial charge in [-0.3, -0.25) is 4.98 Å². The normalized spacial score (nSPS) is 10.1. The fourth-order valence-electron chi connectivity index (χ4n) is 1.95. The standard InChI is InChI=1S/C16H19N3O2/c1-2-21-16(20)14-11-13(3-4-15(14)17)19-10-7-12-5-8-18-9-6-12/h3-6,8-9,11,19H,2,7,10,17H2,1H3. The molecule has 0 fully saturated rings. The lowest BCUT2D eigenvalue weighted by molar-refractivity contribution is 0.0527. The quantitative estimate of drug-likeness (QED) is 0.630. The number of benzene rings is 1. The van der Waals surface area contributed by atoms with Crippen LogP contribution in [0.15, 0.2) is 42.7 Å². The van der Waals surface area contributed by atoms with Crippen LogP contribution < -0.4 is 11.1 Å². The van der Waals surface area contributed by atoms with Gasteiger partial charge in [0.1, 0.15) is 0 Å². The van der Waals surface area contributed by atoms with Crippen LogP contribution in [0.1, 0.15) is 22.8 Å². The first-order chi connectivity index (χ1) is 10.2. The summed E-state index contributed by atoms with van der Waals surface area (Å²) in [7, 11) is 0. The maximum Gasteiger partial charge on any atom is 0.340 e. The van der Waals surface area contributed by atoms with E-state index in [0.29, 0.717) is 17.9 Å². The van der Waals surface area contributed by atoms with Crippen molar-refractivity contribution in [1.82, 2.24) is 4.98 Å². The highest BCUT2D eigenvalue weighted by Gasteiger charge is 2.11. The second-order valence-electron chi connectivity index (χ2n) is 4.55. The molecule has 0 bridgehead atoms. The molecule has 0 atom stereocenters. The lowest BCUT2D eigenvalue weighted by Crippen LogP contribution is -2.10. The number of hydrogen-bond acceptors (Lipinski definition) is 5. The molecular formula is C16H19N3O2. The summed E-state index contributed by atoms with van der Waals surface area (Å²) in [6.45, 7) is 2.86. The molecule has 5 nitrogen and oxygen atoms in total. The number of hydrogen-bond donors (Lipinski definition) is 2. The van der Waals surface area contributed by atoms with E-state index in [9.17, 15) is 4.79 Å². The zero-order chi connectivity index (χ0) is 15.1. The molecule has 0 saturated heterocycles. The van der Waals surface area contributed by atoms with Crippen LogP contribution in [0.3, 0.4) is 0 Å². The fourth-order valence-corrected chi connectivity index (χ4v) is 1.95. The van der Waals surface area contributed by atoms with Crippen LogP contribution in [-0.2, 0) is 11.2 Å². The summed E-state index contributed by atoms with van der Waals surface area (Å²) in [4.78, 5) is 15.8. The number of rotatable bonds is 6. The van der Waals surface area contributed by atoms with Gasteiger partial charge in [-0.1, -0.05) is 0 Å². The van der Waals surface area contributed by atoms with Crippen molar-refractivity contribution >= 4 is 17.3 Å². The smallest absolute Gasteiger partial charge is 0.340 e. The summed E-state index contributed by atoms with van der Waals surface area (Å²) in [5.74, 6) is -0.396. The Bertz CT molecular complexity index is 600. The summed E-state index contributed by atoms with van der Waals surface area (Å²) in [6, 6.07) is 9.24. The van der Waals surface area contributed by atoms with Crippen LogP contribution >= 0.6 is 0 Å². The van der Waals surface area contributed by atoms with E-state index in [0.717, 1.165) is 18.7 Å². The van der Waals surface area contributed by atoms with E-state index in [1.165, 1.54) is 5.56 Å². The molecule has 2 rings (SSSR count). The highest BCUT2D eigenvalue weighted by Crippen LogP contribution is 2.19. The van der Waals surface area contributed by atoms with Crippen molar-refractivity contribution in [1.29, 1.82) is 0 Å². The van der Waals surface area contributed by atoms with Gasteiger partial charge in [0.15, 0.2) is 0 Å². The van der Waals surface area contributed by atoms with Gasteiger partial charge in [0.2, 0.25) is 0 Å². The monoisotopic (exact) mass is 285 g/mol. The highest BCUT2D eigenvalue weighted by molar-refractivity contribution is 5.96. The summed E-state index contributed by atoms with van der Waals surface area (Å²) in [5, 5.41) is 3.27. The second-order valence-corrected chi connectivity index (χ2v) is 4.55. The first-order valence-corrected chi connectivity index (χ1v) is 6.90. The Balaban J connectivity index is 1.97. The largest absolute Gasteiger partial charge is 0.462 e. The number of anilines is 2. The van der Waals surface area contributed by atoms with E-state index in [2.05, 4.69) is 10.3 Å². The van der Waals surface area contributed by atoms with Gasteiger partial charge in [-0.25, -0.2) is 4.79 Å². The lowest BCUT2D eigenvalue weighted by Gasteiger charge is -2.10. The lowest BCUT2D eigenvalue weighted by atomic mass is 10.1. The Morgan fingerprint density at radius 1 is 1.29 bits per heavy atom. The minimum atomic E-state index is -0.396. The van der Waals surface area contributed by atoms with Crippen molar-refractivity contribution in [3.8, 4) is 0 Å². The molecule has 0 unspecified atom stereocenters. The predicted octanol–water partition coefficient (Wildman–Crippen LogP) is 2.50. The molecule has 0 aliphatic heterocycles. The van der Waals surface area contributed by atoms with Crippen LogP contribution in [0.4, 0.5) is 11.4 Å². The highest BCUT2D eigenvalue weighted by atomic mass is 16.5. The van der Waals surface area contributed by atoms with E-state index in [1.807, 2.05) is 18.2 Å². The third kappa shape index (κ3) is 4.21. The van der Waals surface area contributed by atoms with Gasteiger partial charge in [-0.05, 0) is 49.2 Å². The Morgan fingerprint density at radius 3 is 2.76 bits per heavy atom. The van der Waals surface area contributed by atoms with Gasteiger partial charge >= 0.3 is 5.97 Å². The Morgan fingerprint density at radius 2 is 2.05 bits per heavy atom. The molecule has 0 radical (unpaired) electrons. The van der Waals surface area contributed by atoms with Gasteiger partial charge in [0.05, 0.1) is 12.2 Å². The molecular weight excluding hydrogens is 266 g/mol. The van der Waals surface area contributed by atoms with Crippen LogP contribution in [0, 0.1) is 0 Å². The first-order valence-electron chi connectivity index (χ1n) is 6.90. The minimum absolute atomic E-state index is 0.331. The third-order valence-electron chi connectivity index (χ3n) is 3.04. The average Bonchev–Trinajstić information content (AvgIpc) is 2.50. The van der Waals surface area contributed by atoms with Gasteiger partial charge < -0.3 is 15.8 Å². The molecule has 0 saturated carbocycles. The Hall–Kier alpha value is -2.56. The van der Waals surface area contributed by atoms with Crippen LogP contribution in [-0.4, -0.2) is 24.1 Å². The number of esters is 1. The second kappa shape index (κ2) is 7.28. The number of nitrogens with one attached hydrogen (secondary N) is 1. The summed E-state index contributed by atoms with van der Waals surface area (Å²) < 4.78 is 4.98. The number of nitrogen functional groups attached to an aromatic ring is 1. The van der Waals surface area contributed by atoms with Gasteiger partial charge in [0.25, 0.3) is 0 Å². The number of aromatic nitrogens is 1. The molecule has 5 heteroatoms. The first kappa shape index (κ1) is 14.8. The fraction of sp³-hybridized carbons (Fsp3) is 0.250. The molecule has 3 N–H and O–H groups in total. The molecule has 0 amide bonds. The molecule has 0 aliphatic carbocycles.